The second-order valence-corrected chi connectivity index (χ2v) is 7.58. The highest BCUT2D eigenvalue weighted by atomic mass is 19.1. The summed E-state index contributed by atoms with van der Waals surface area (Å²) in [5, 5.41) is 12.4. The number of benzene rings is 2. The molecule has 0 saturated heterocycles. The molecule has 2 heterocycles. The fourth-order valence-corrected chi connectivity index (χ4v) is 3.70. The van der Waals surface area contributed by atoms with Crippen molar-refractivity contribution < 1.29 is 23.4 Å². The average Bonchev–Trinajstić information content (AvgIpc) is 3.10. The summed E-state index contributed by atoms with van der Waals surface area (Å²) >= 11 is 0. The van der Waals surface area contributed by atoms with Crippen LogP contribution in [0.2, 0.25) is 0 Å². The molecule has 3 aromatic rings. The molecule has 8 heteroatoms. The Morgan fingerprint density at radius 2 is 1.91 bits per heavy atom. The molecule has 32 heavy (non-hydrogen) atoms. The van der Waals surface area contributed by atoms with Gasteiger partial charge in [0.1, 0.15) is 17.6 Å². The molecule has 1 aliphatic rings. The van der Waals surface area contributed by atoms with Crippen molar-refractivity contribution in [2.45, 2.75) is 32.7 Å². The van der Waals surface area contributed by atoms with Gasteiger partial charge >= 0.3 is 0 Å². The summed E-state index contributed by atoms with van der Waals surface area (Å²) in [6, 6.07) is 10.8. The van der Waals surface area contributed by atoms with E-state index in [1.54, 1.807) is 23.1 Å². The Morgan fingerprint density at radius 1 is 1.16 bits per heavy atom. The summed E-state index contributed by atoms with van der Waals surface area (Å²) in [5.41, 5.74) is 2.52. The number of halogens is 2. The van der Waals surface area contributed by atoms with Crippen molar-refractivity contribution >= 4 is 5.91 Å². The SMILES string of the molecule is CCc1ccc(Oc2nccc3c2C(=O)N(Cc2ccc(C(O)NC)c(F)c2)C3)c(F)c1. The summed E-state index contributed by atoms with van der Waals surface area (Å²) in [6.45, 7) is 2.39. The lowest BCUT2D eigenvalue weighted by atomic mass is 10.1. The zero-order valence-corrected chi connectivity index (χ0v) is 17.7. The van der Waals surface area contributed by atoms with Crippen molar-refractivity contribution in [3.8, 4) is 11.6 Å². The highest BCUT2D eigenvalue weighted by molar-refractivity contribution is 6.00. The number of carbonyl (C=O) groups is 1. The van der Waals surface area contributed by atoms with Gasteiger partial charge in [0, 0.05) is 24.8 Å². The van der Waals surface area contributed by atoms with Crippen molar-refractivity contribution in [1.82, 2.24) is 15.2 Å². The van der Waals surface area contributed by atoms with Crippen LogP contribution in [-0.4, -0.2) is 27.9 Å². The van der Waals surface area contributed by atoms with Gasteiger partial charge in [-0.25, -0.2) is 13.8 Å². The maximum atomic E-state index is 14.4. The van der Waals surface area contributed by atoms with E-state index in [0.29, 0.717) is 24.1 Å². The average molecular weight is 439 g/mol. The van der Waals surface area contributed by atoms with Crippen LogP contribution in [0, 0.1) is 11.6 Å². The number of aryl methyl sites for hydroxylation is 1. The van der Waals surface area contributed by atoms with Gasteiger partial charge in [0.25, 0.3) is 5.91 Å². The fraction of sp³-hybridized carbons (Fsp3) is 0.250. The van der Waals surface area contributed by atoms with Crippen molar-refractivity contribution in [2.24, 2.45) is 0 Å². The fourth-order valence-electron chi connectivity index (χ4n) is 3.70. The quantitative estimate of drug-likeness (QED) is 0.543. The highest BCUT2D eigenvalue weighted by Crippen LogP contribution is 2.34. The van der Waals surface area contributed by atoms with Gasteiger partial charge in [0.2, 0.25) is 5.88 Å². The molecule has 0 saturated carbocycles. The topological polar surface area (TPSA) is 74.7 Å². The molecule has 6 nitrogen and oxygen atoms in total. The standard InChI is InChI=1S/C24H23F2N3O3/c1-3-14-5-7-20(19(26)10-14)32-23-21-16(8-9-28-23)13-29(24(21)31)12-15-4-6-17(18(25)11-15)22(30)27-2/h4-11,22,27,30H,3,12-13H2,1-2H3. The number of nitrogens with zero attached hydrogens (tertiary/aromatic N) is 2. The van der Waals surface area contributed by atoms with Gasteiger partial charge in [-0.1, -0.05) is 25.1 Å². The number of rotatable bonds is 7. The molecular weight excluding hydrogens is 416 g/mol. The monoisotopic (exact) mass is 439 g/mol. The Kier molecular flexibility index (Phi) is 6.16. The zero-order chi connectivity index (χ0) is 22.8. The smallest absolute Gasteiger partial charge is 0.260 e. The number of carbonyl (C=O) groups excluding carboxylic acids is 1. The number of hydrogen-bond donors (Lipinski definition) is 2. The number of nitrogens with one attached hydrogen (secondary N) is 1. The normalized spacial score (nSPS) is 13.9. The Morgan fingerprint density at radius 3 is 2.59 bits per heavy atom. The first-order chi connectivity index (χ1) is 15.4. The van der Waals surface area contributed by atoms with Crippen molar-refractivity contribution in [3.05, 3.63) is 88.1 Å². The van der Waals surface area contributed by atoms with Crippen LogP contribution in [-0.2, 0) is 19.5 Å². The number of amides is 1. The maximum Gasteiger partial charge on any atom is 0.260 e. The van der Waals surface area contributed by atoms with Crippen LogP contribution in [0.25, 0.3) is 0 Å². The Bertz CT molecular complexity index is 1170. The summed E-state index contributed by atoms with van der Waals surface area (Å²) in [6.07, 6.45) is 1.09. The zero-order valence-electron chi connectivity index (χ0n) is 17.7. The van der Waals surface area contributed by atoms with Crippen LogP contribution in [0.4, 0.5) is 8.78 Å². The van der Waals surface area contributed by atoms with Gasteiger partial charge < -0.3 is 14.7 Å². The van der Waals surface area contributed by atoms with E-state index in [1.807, 2.05) is 6.92 Å². The molecule has 0 aliphatic carbocycles. The molecule has 1 unspecified atom stereocenters. The molecule has 166 valence electrons. The van der Waals surface area contributed by atoms with E-state index >= 15 is 0 Å². The predicted octanol–water partition coefficient (Wildman–Crippen LogP) is 4.08. The van der Waals surface area contributed by atoms with Crippen molar-refractivity contribution in [2.75, 3.05) is 7.05 Å². The van der Waals surface area contributed by atoms with Crippen molar-refractivity contribution in [1.29, 1.82) is 0 Å². The van der Waals surface area contributed by atoms with Crippen LogP contribution in [0.1, 0.15) is 45.8 Å². The number of ether oxygens (including phenoxy) is 1. The van der Waals surface area contributed by atoms with E-state index < -0.39 is 17.9 Å². The first-order valence-electron chi connectivity index (χ1n) is 10.3. The number of fused-ring (bicyclic) bond motifs is 1. The van der Waals surface area contributed by atoms with E-state index in [4.69, 9.17) is 4.74 Å². The Hall–Kier alpha value is -3.36. The summed E-state index contributed by atoms with van der Waals surface area (Å²) in [4.78, 5) is 18.8. The van der Waals surface area contributed by atoms with Crippen LogP contribution >= 0.6 is 0 Å². The van der Waals surface area contributed by atoms with Crippen molar-refractivity contribution in [3.63, 3.8) is 0 Å². The number of aliphatic hydroxyl groups excluding tert-OH is 1. The van der Waals surface area contributed by atoms with E-state index in [-0.39, 0.29) is 35.2 Å². The minimum atomic E-state index is -1.11. The highest BCUT2D eigenvalue weighted by Gasteiger charge is 2.32. The minimum absolute atomic E-state index is 0.00454. The molecule has 2 aromatic carbocycles. The largest absolute Gasteiger partial charge is 0.435 e. The molecule has 4 rings (SSSR count). The number of aromatic nitrogens is 1. The second kappa shape index (κ2) is 9.02. The molecule has 0 radical (unpaired) electrons. The molecule has 1 aromatic heterocycles. The summed E-state index contributed by atoms with van der Waals surface area (Å²) in [7, 11) is 1.52. The number of pyridine rings is 1. The minimum Gasteiger partial charge on any atom is -0.435 e. The van der Waals surface area contributed by atoms with Gasteiger partial charge in [-0.05, 0) is 54.4 Å². The molecule has 0 spiro atoms. The van der Waals surface area contributed by atoms with Crippen LogP contribution in [0.3, 0.4) is 0 Å². The third kappa shape index (κ3) is 4.19. The van der Waals surface area contributed by atoms with Gasteiger partial charge in [0.05, 0.1) is 0 Å². The molecule has 1 atom stereocenters. The van der Waals surface area contributed by atoms with Gasteiger partial charge in [-0.15, -0.1) is 0 Å². The third-order valence-corrected chi connectivity index (χ3v) is 5.48. The molecule has 2 N–H and O–H groups in total. The summed E-state index contributed by atoms with van der Waals surface area (Å²) in [5.74, 6) is -1.38. The lowest BCUT2D eigenvalue weighted by Crippen LogP contribution is -2.24. The Labute approximate surface area is 184 Å². The first-order valence-corrected chi connectivity index (χ1v) is 10.3. The Balaban J connectivity index is 1.55. The lowest BCUT2D eigenvalue weighted by Gasteiger charge is -2.17. The molecular formula is C24H23F2N3O3. The van der Waals surface area contributed by atoms with Crippen LogP contribution in [0.5, 0.6) is 11.6 Å². The van der Waals surface area contributed by atoms with E-state index in [1.165, 1.54) is 37.5 Å². The van der Waals surface area contributed by atoms with Gasteiger partial charge in [-0.3, -0.25) is 10.1 Å². The van der Waals surface area contributed by atoms with Crippen LogP contribution in [0.15, 0.2) is 48.7 Å². The summed E-state index contributed by atoms with van der Waals surface area (Å²) < 4.78 is 34.4. The molecule has 1 amide bonds. The lowest BCUT2D eigenvalue weighted by molar-refractivity contribution is 0.0764. The second-order valence-electron chi connectivity index (χ2n) is 7.58. The molecule has 0 bridgehead atoms. The predicted molar refractivity (Wildman–Crippen MR) is 114 cm³/mol. The van der Waals surface area contributed by atoms with E-state index in [0.717, 1.165) is 5.56 Å². The number of aliphatic hydroxyl groups is 1. The van der Waals surface area contributed by atoms with Gasteiger partial charge in [-0.2, -0.15) is 0 Å². The van der Waals surface area contributed by atoms with Crippen LogP contribution < -0.4 is 10.1 Å². The molecule has 0 fully saturated rings. The van der Waals surface area contributed by atoms with E-state index in [2.05, 4.69) is 10.3 Å². The van der Waals surface area contributed by atoms with E-state index in [9.17, 15) is 18.7 Å². The van der Waals surface area contributed by atoms with Gasteiger partial charge in [0.15, 0.2) is 11.6 Å². The maximum absolute atomic E-state index is 14.4. The number of hydrogen-bond acceptors (Lipinski definition) is 5. The third-order valence-electron chi connectivity index (χ3n) is 5.48. The molecule has 1 aliphatic heterocycles. The first kappa shape index (κ1) is 21.9.